The Bertz CT molecular complexity index is 632. The highest BCUT2D eigenvalue weighted by Crippen LogP contribution is 2.20. The van der Waals surface area contributed by atoms with Crippen LogP contribution in [0.25, 0.3) is 0 Å². The number of carbonyl (C=O) groups is 1. The van der Waals surface area contributed by atoms with Gasteiger partial charge in [-0.15, -0.1) is 0 Å². The van der Waals surface area contributed by atoms with Gasteiger partial charge in [0, 0.05) is 22.4 Å². The highest BCUT2D eigenvalue weighted by Gasteiger charge is 2.03. The van der Waals surface area contributed by atoms with E-state index in [4.69, 9.17) is 0 Å². The summed E-state index contributed by atoms with van der Waals surface area (Å²) in [6, 6.07) is 11.7. The van der Waals surface area contributed by atoms with E-state index in [0.29, 0.717) is 12.2 Å². The minimum absolute atomic E-state index is 0.271. The van der Waals surface area contributed by atoms with Crippen LogP contribution in [0.1, 0.15) is 5.56 Å². The summed E-state index contributed by atoms with van der Waals surface area (Å²) >= 11 is 3.38. The molecular weight excluding hydrogens is 339 g/mol. The van der Waals surface area contributed by atoms with Crippen molar-refractivity contribution in [1.29, 1.82) is 0 Å². The highest BCUT2D eigenvalue weighted by atomic mass is 79.9. The summed E-state index contributed by atoms with van der Waals surface area (Å²) in [4.78, 5) is 11.1. The first-order valence-electron chi connectivity index (χ1n) is 6.21. The van der Waals surface area contributed by atoms with Gasteiger partial charge in [0.2, 0.25) is 0 Å². The number of halogens is 2. The number of rotatable bonds is 4. The smallest absolute Gasteiger partial charge is 0.411 e. The van der Waals surface area contributed by atoms with Gasteiger partial charge in [-0.3, -0.25) is 5.32 Å². The largest absolute Gasteiger partial charge is 0.453 e. The lowest BCUT2D eigenvalue weighted by atomic mass is 10.2. The molecule has 6 heteroatoms. The third kappa shape index (κ3) is 4.46. The van der Waals surface area contributed by atoms with Gasteiger partial charge in [0.05, 0.1) is 7.11 Å². The lowest BCUT2D eigenvalue weighted by Gasteiger charge is -2.09. The van der Waals surface area contributed by atoms with Gasteiger partial charge in [-0.05, 0) is 48.0 Å². The van der Waals surface area contributed by atoms with Crippen LogP contribution in [-0.4, -0.2) is 13.2 Å². The Morgan fingerprint density at radius 2 is 1.86 bits per heavy atom. The van der Waals surface area contributed by atoms with Crippen molar-refractivity contribution in [2.24, 2.45) is 0 Å². The molecule has 0 aromatic heterocycles. The first-order valence-corrected chi connectivity index (χ1v) is 7.00. The SMILES string of the molecule is COC(=O)Nc1ccc(NCc2cc(F)ccc2Br)cc1. The Morgan fingerprint density at radius 1 is 1.19 bits per heavy atom. The Hall–Kier alpha value is -2.08. The number of ether oxygens (including phenoxy) is 1. The van der Waals surface area contributed by atoms with Crippen molar-refractivity contribution in [3.05, 3.63) is 58.3 Å². The van der Waals surface area contributed by atoms with E-state index >= 15 is 0 Å². The van der Waals surface area contributed by atoms with Crippen LogP contribution in [0.2, 0.25) is 0 Å². The summed E-state index contributed by atoms with van der Waals surface area (Å²) in [5, 5.41) is 5.75. The predicted molar refractivity (Wildman–Crippen MR) is 83.9 cm³/mol. The second-order valence-electron chi connectivity index (χ2n) is 4.28. The minimum Gasteiger partial charge on any atom is -0.453 e. The maximum atomic E-state index is 13.2. The van der Waals surface area contributed by atoms with Gasteiger partial charge < -0.3 is 10.1 Å². The van der Waals surface area contributed by atoms with Gasteiger partial charge in [-0.2, -0.15) is 0 Å². The first kappa shape index (κ1) is 15.3. The van der Waals surface area contributed by atoms with Crippen molar-refractivity contribution in [3.8, 4) is 0 Å². The highest BCUT2D eigenvalue weighted by molar-refractivity contribution is 9.10. The molecule has 0 saturated heterocycles. The average Bonchev–Trinajstić information content (AvgIpc) is 2.49. The van der Waals surface area contributed by atoms with Gasteiger partial charge in [0.15, 0.2) is 0 Å². The summed E-state index contributed by atoms with van der Waals surface area (Å²) in [7, 11) is 1.31. The van der Waals surface area contributed by atoms with E-state index < -0.39 is 6.09 Å². The second-order valence-corrected chi connectivity index (χ2v) is 5.14. The fraction of sp³-hybridized carbons (Fsp3) is 0.133. The molecule has 2 rings (SSSR count). The summed E-state index contributed by atoms with van der Waals surface area (Å²) in [6.45, 7) is 0.488. The third-order valence-electron chi connectivity index (χ3n) is 2.81. The summed E-state index contributed by atoms with van der Waals surface area (Å²) in [5.74, 6) is -0.271. The molecule has 2 N–H and O–H groups in total. The van der Waals surface area contributed by atoms with Crippen LogP contribution in [0, 0.1) is 5.82 Å². The minimum atomic E-state index is -0.514. The molecule has 110 valence electrons. The van der Waals surface area contributed by atoms with E-state index in [1.165, 1.54) is 19.2 Å². The molecule has 21 heavy (non-hydrogen) atoms. The van der Waals surface area contributed by atoms with Crippen molar-refractivity contribution in [1.82, 2.24) is 0 Å². The quantitative estimate of drug-likeness (QED) is 0.858. The molecule has 1 amide bonds. The predicted octanol–water partition coefficient (Wildman–Crippen LogP) is 4.38. The molecule has 0 aliphatic rings. The van der Waals surface area contributed by atoms with Crippen molar-refractivity contribution in [2.45, 2.75) is 6.54 Å². The van der Waals surface area contributed by atoms with Crippen molar-refractivity contribution >= 4 is 33.4 Å². The van der Waals surface area contributed by atoms with Crippen molar-refractivity contribution in [2.75, 3.05) is 17.7 Å². The van der Waals surface area contributed by atoms with Crippen LogP contribution in [0.4, 0.5) is 20.6 Å². The van der Waals surface area contributed by atoms with E-state index in [-0.39, 0.29) is 5.82 Å². The lowest BCUT2D eigenvalue weighted by molar-refractivity contribution is 0.187. The maximum Gasteiger partial charge on any atom is 0.411 e. The fourth-order valence-electron chi connectivity index (χ4n) is 1.72. The number of anilines is 2. The van der Waals surface area contributed by atoms with Gasteiger partial charge >= 0.3 is 6.09 Å². The van der Waals surface area contributed by atoms with Gasteiger partial charge in [0.1, 0.15) is 5.82 Å². The average molecular weight is 353 g/mol. The molecule has 0 heterocycles. The van der Waals surface area contributed by atoms with Crippen LogP contribution >= 0.6 is 15.9 Å². The molecule has 4 nitrogen and oxygen atoms in total. The fourth-order valence-corrected chi connectivity index (χ4v) is 2.10. The molecule has 0 saturated carbocycles. The number of benzene rings is 2. The van der Waals surface area contributed by atoms with Gasteiger partial charge in [-0.25, -0.2) is 9.18 Å². The Balaban J connectivity index is 1.97. The Morgan fingerprint density at radius 3 is 2.52 bits per heavy atom. The van der Waals surface area contributed by atoms with E-state index in [9.17, 15) is 9.18 Å². The molecule has 0 spiro atoms. The van der Waals surface area contributed by atoms with E-state index in [2.05, 4.69) is 31.3 Å². The molecule has 0 unspecified atom stereocenters. The molecule has 0 radical (unpaired) electrons. The van der Waals surface area contributed by atoms with Crippen LogP contribution in [0.3, 0.4) is 0 Å². The zero-order valence-electron chi connectivity index (χ0n) is 11.3. The van der Waals surface area contributed by atoms with Gasteiger partial charge in [0.25, 0.3) is 0 Å². The molecule has 2 aromatic carbocycles. The Labute approximate surface area is 130 Å². The van der Waals surface area contributed by atoms with Crippen LogP contribution in [-0.2, 0) is 11.3 Å². The number of amides is 1. The maximum absolute atomic E-state index is 13.2. The number of methoxy groups -OCH3 is 1. The van der Waals surface area contributed by atoms with E-state index in [0.717, 1.165) is 15.7 Å². The first-order chi connectivity index (χ1) is 10.1. The third-order valence-corrected chi connectivity index (χ3v) is 3.58. The number of carbonyl (C=O) groups excluding carboxylic acids is 1. The van der Waals surface area contributed by atoms with Gasteiger partial charge in [-0.1, -0.05) is 15.9 Å². The van der Waals surface area contributed by atoms with Crippen molar-refractivity contribution < 1.29 is 13.9 Å². The molecule has 0 aliphatic carbocycles. The lowest BCUT2D eigenvalue weighted by Crippen LogP contribution is -2.10. The molecule has 0 bridgehead atoms. The second kappa shape index (κ2) is 7.08. The summed E-state index contributed by atoms with van der Waals surface area (Å²) in [6.07, 6.45) is -0.514. The zero-order valence-corrected chi connectivity index (χ0v) is 12.9. The van der Waals surface area contributed by atoms with Crippen LogP contribution < -0.4 is 10.6 Å². The summed E-state index contributed by atoms with van der Waals surface area (Å²) < 4.78 is 18.5. The Kier molecular flexibility index (Phi) is 5.16. The topological polar surface area (TPSA) is 50.4 Å². The normalized spacial score (nSPS) is 10.0. The van der Waals surface area contributed by atoms with Crippen LogP contribution in [0.5, 0.6) is 0 Å². The molecule has 0 aliphatic heterocycles. The van der Waals surface area contributed by atoms with E-state index in [1.54, 1.807) is 18.2 Å². The monoisotopic (exact) mass is 352 g/mol. The van der Waals surface area contributed by atoms with Crippen LogP contribution in [0.15, 0.2) is 46.9 Å². The zero-order chi connectivity index (χ0) is 15.2. The molecule has 0 atom stereocenters. The summed E-state index contributed by atoms with van der Waals surface area (Å²) in [5.41, 5.74) is 2.33. The number of nitrogens with one attached hydrogen (secondary N) is 2. The number of hydrogen-bond donors (Lipinski definition) is 2. The van der Waals surface area contributed by atoms with E-state index in [1.807, 2.05) is 12.1 Å². The molecule has 2 aromatic rings. The van der Waals surface area contributed by atoms with Crippen molar-refractivity contribution in [3.63, 3.8) is 0 Å². The number of hydrogen-bond acceptors (Lipinski definition) is 3. The standard InChI is InChI=1S/C15H14BrFN2O2/c1-21-15(20)19-13-5-3-12(4-6-13)18-9-10-8-11(17)2-7-14(10)16/h2-8,18H,9H2,1H3,(H,19,20). The molecule has 0 fully saturated rings. The molecular formula is C15H14BrFN2O2.